The maximum absolute atomic E-state index is 13.2. The van der Waals surface area contributed by atoms with Gasteiger partial charge in [0.1, 0.15) is 5.82 Å². The fraction of sp³-hybridized carbons (Fsp3) is 0.353. The number of amides is 2. The molecule has 0 unspecified atom stereocenters. The minimum Gasteiger partial charge on any atom is -0.436 e. The molecule has 1 N–H and O–H groups in total. The molecule has 2 atom stereocenters. The van der Waals surface area contributed by atoms with Crippen LogP contribution in [-0.4, -0.2) is 34.8 Å². The number of likely N-dealkylation sites (N-methyl/N-ethyl adjacent to an activating group) is 1. The van der Waals surface area contributed by atoms with Gasteiger partial charge in [0, 0.05) is 20.4 Å². The third-order valence-electron chi connectivity index (χ3n) is 4.22. The number of carbonyl (C=O) groups is 2. The molecule has 1 fully saturated rings. The molecule has 7 heteroatoms. The van der Waals surface area contributed by atoms with Gasteiger partial charge < -0.3 is 14.6 Å². The Labute approximate surface area is 138 Å². The predicted molar refractivity (Wildman–Crippen MR) is 83.8 cm³/mol. The summed E-state index contributed by atoms with van der Waals surface area (Å²) in [6.07, 6.45) is 0.177. The van der Waals surface area contributed by atoms with Crippen LogP contribution in [0.1, 0.15) is 40.2 Å². The number of likely N-dealkylation sites (tertiary alicyclic amines) is 1. The molecule has 0 radical (unpaired) electrons. The first-order valence-corrected chi connectivity index (χ1v) is 7.63. The Kier molecular flexibility index (Phi) is 4.09. The van der Waals surface area contributed by atoms with Gasteiger partial charge >= 0.3 is 0 Å². The van der Waals surface area contributed by atoms with Crippen molar-refractivity contribution in [2.75, 3.05) is 7.05 Å². The summed E-state index contributed by atoms with van der Waals surface area (Å²) in [6, 6.07) is 5.15. The summed E-state index contributed by atoms with van der Waals surface area (Å²) >= 11 is 0. The van der Waals surface area contributed by atoms with E-state index in [9.17, 15) is 14.0 Å². The van der Waals surface area contributed by atoms with Crippen LogP contribution >= 0.6 is 0 Å². The van der Waals surface area contributed by atoms with Gasteiger partial charge in [0.2, 0.25) is 11.7 Å². The van der Waals surface area contributed by atoms with Gasteiger partial charge in [-0.25, -0.2) is 9.37 Å². The fourth-order valence-corrected chi connectivity index (χ4v) is 3.09. The van der Waals surface area contributed by atoms with Gasteiger partial charge in [-0.3, -0.25) is 9.59 Å². The number of hydrogen-bond donors (Lipinski definition) is 1. The molecule has 2 aromatic rings. The second kappa shape index (κ2) is 6.07. The van der Waals surface area contributed by atoms with Crippen molar-refractivity contribution >= 4 is 11.8 Å². The van der Waals surface area contributed by atoms with Gasteiger partial charge in [-0.1, -0.05) is 12.1 Å². The van der Waals surface area contributed by atoms with E-state index in [1.165, 1.54) is 12.1 Å². The zero-order chi connectivity index (χ0) is 17.4. The Hall–Kier alpha value is -2.70. The second-order valence-electron chi connectivity index (χ2n) is 5.93. The smallest absolute Gasteiger partial charge is 0.289 e. The topological polar surface area (TPSA) is 75.4 Å². The monoisotopic (exact) mass is 331 g/mol. The number of nitrogens with one attached hydrogen (secondary N) is 1. The Bertz CT molecular complexity index is 785. The molecular formula is C17H18FN3O3. The molecule has 2 heterocycles. The van der Waals surface area contributed by atoms with Crippen LogP contribution in [0.25, 0.3) is 0 Å². The predicted octanol–water partition coefficient (Wildman–Crippen LogP) is 2.13. The molecule has 3 rings (SSSR count). The zero-order valence-electron chi connectivity index (χ0n) is 13.7. The summed E-state index contributed by atoms with van der Waals surface area (Å²) in [5.74, 6) is -0.285. The summed E-state index contributed by atoms with van der Waals surface area (Å²) in [4.78, 5) is 30.2. The van der Waals surface area contributed by atoms with Crippen molar-refractivity contribution in [1.29, 1.82) is 0 Å². The highest BCUT2D eigenvalue weighted by Gasteiger charge is 2.40. The Balaban J connectivity index is 1.85. The largest absolute Gasteiger partial charge is 0.436 e. The first-order valence-electron chi connectivity index (χ1n) is 7.63. The normalized spacial score (nSPS) is 20.5. The molecule has 24 heavy (non-hydrogen) atoms. The van der Waals surface area contributed by atoms with E-state index in [0.29, 0.717) is 11.6 Å². The average molecular weight is 331 g/mol. The molecule has 0 bridgehead atoms. The van der Waals surface area contributed by atoms with E-state index in [1.54, 1.807) is 37.9 Å². The zero-order valence-corrected chi connectivity index (χ0v) is 13.7. The van der Waals surface area contributed by atoms with Gasteiger partial charge in [-0.15, -0.1) is 0 Å². The van der Waals surface area contributed by atoms with E-state index in [1.807, 2.05) is 0 Å². The van der Waals surface area contributed by atoms with E-state index in [4.69, 9.17) is 4.42 Å². The van der Waals surface area contributed by atoms with Gasteiger partial charge in [-0.05, 0) is 24.6 Å². The maximum Gasteiger partial charge on any atom is 0.289 e. The number of benzene rings is 1. The standard InChI is InChI=1S/C17H18FN3O3/c1-9-16(24-10(2)19-9)17(23)20-13-8-14(22)21(3)15(13)11-4-6-12(18)7-5-11/h4-7,13,15H,8H2,1-3H3,(H,20,23)/t13-,15+/m1/s1. The minimum absolute atomic E-state index is 0.0832. The number of aryl methyl sites for hydroxylation is 2. The molecule has 1 saturated heterocycles. The highest BCUT2D eigenvalue weighted by molar-refractivity contribution is 5.93. The highest BCUT2D eigenvalue weighted by atomic mass is 19.1. The highest BCUT2D eigenvalue weighted by Crippen LogP contribution is 2.32. The maximum atomic E-state index is 13.2. The Morgan fingerprint density at radius 3 is 2.58 bits per heavy atom. The van der Waals surface area contributed by atoms with Crippen LogP contribution in [-0.2, 0) is 4.79 Å². The molecule has 1 aliphatic heterocycles. The summed E-state index contributed by atoms with van der Waals surface area (Å²) < 4.78 is 18.5. The molecule has 0 aliphatic carbocycles. The van der Waals surface area contributed by atoms with Gasteiger partial charge in [0.15, 0.2) is 5.89 Å². The minimum atomic E-state index is -0.426. The molecule has 1 aliphatic rings. The van der Waals surface area contributed by atoms with Crippen molar-refractivity contribution in [1.82, 2.24) is 15.2 Å². The summed E-state index contributed by atoms with van der Waals surface area (Å²) in [5, 5.41) is 2.84. The number of oxazole rings is 1. The van der Waals surface area contributed by atoms with Gasteiger partial charge in [0.25, 0.3) is 5.91 Å². The lowest BCUT2D eigenvalue weighted by Crippen LogP contribution is -2.39. The summed E-state index contributed by atoms with van der Waals surface area (Å²) in [6.45, 7) is 3.35. The van der Waals surface area contributed by atoms with Crippen LogP contribution in [0, 0.1) is 19.7 Å². The molecule has 1 aromatic heterocycles. The lowest BCUT2D eigenvalue weighted by molar-refractivity contribution is -0.127. The molecule has 126 valence electrons. The van der Waals surface area contributed by atoms with Crippen molar-refractivity contribution in [3.63, 3.8) is 0 Å². The quantitative estimate of drug-likeness (QED) is 0.935. The number of hydrogen-bond acceptors (Lipinski definition) is 4. The van der Waals surface area contributed by atoms with Crippen LogP contribution in [0.5, 0.6) is 0 Å². The van der Waals surface area contributed by atoms with E-state index < -0.39 is 11.9 Å². The molecule has 0 spiro atoms. The van der Waals surface area contributed by atoms with Crippen molar-refractivity contribution < 1.29 is 18.4 Å². The Morgan fingerprint density at radius 1 is 1.33 bits per heavy atom. The van der Waals surface area contributed by atoms with Crippen molar-refractivity contribution in [3.8, 4) is 0 Å². The Morgan fingerprint density at radius 2 is 2.00 bits per heavy atom. The number of nitrogens with zero attached hydrogens (tertiary/aromatic N) is 2. The van der Waals surface area contributed by atoms with Gasteiger partial charge in [-0.2, -0.15) is 0 Å². The SMILES string of the molecule is Cc1nc(C)c(C(=O)N[C@@H]2CC(=O)N(C)[C@H]2c2ccc(F)cc2)o1. The van der Waals surface area contributed by atoms with Crippen molar-refractivity contribution in [3.05, 3.63) is 53.0 Å². The third-order valence-corrected chi connectivity index (χ3v) is 4.22. The van der Waals surface area contributed by atoms with E-state index in [0.717, 1.165) is 5.56 Å². The van der Waals surface area contributed by atoms with Crippen molar-refractivity contribution in [2.24, 2.45) is 0 Å². The summed E-state index contributed by atoms with van der Waals surface area (Å²) in [7, 11) is 1.67. The van der Waals surface area contributed by atoms with E-state index >= 15 is 0 Å². The number of aromatic nitrogens is 1. The summed E-state index contributed by atoms with van der Waals surface area (Å²) in [5.41, 5.74) is 1.27. The average Bonchev–Trinajstić information content (AvgIpc) is 3.00. The molecule has 2 amide bonds. The lowest BCUT2D eigenvalue weighted by Gasteiger charge is -2.25. The number of halogens is 1. The third kappa shape index (κ3) is 2.89. The number of carbonyl (C=O) groups excluding carboxylic acids is 2. The molecule has 6 nitrogen and oxygen atoms in total. The van der Waals surface area contributed by atoms with E-state index in [2.05, 4.69) is 10.3 Å². The first-order chi connectivity index (χ1) is 11.4. The van der Waals surface area contributed by atoms with Crippen molar-refractivity contribution in [2.45, 2.75) is 32.4 Å². The lowest BCUT2D eigenvalue weighted by atomic mass is 10.00. The van der Waals surface area contributed by atoms with E-state index in [-0.39, 0.29) is 29.9 Å². The van der Waals surface area contributed by atoms with Gasteiger partial charge in [0.05, 0.1) is 17.8 Å². The van der Waals surface area contributed by atoms with Crippen LogP contribution in [0.15, 0.2) is 28.7 Å². The molecule has 1 aromatic carbocycles. The second-order valence-corrected chi connectivity index (χ2v) is 5.93. The number of rotatable bonds is 3. The molecular weight excluding hydrogens is 313 g/mol. The first kappa shape index (κ1) is 16.2. The van der Waals surface area contributed by atoms with Crippen LogP contribution in [0.3, 0.4) is 0 Å². The van der Waals surface area contributed by atoms with Crippen LogP contribution in [0.2, 0.25) is 0 Å². The van der Waals surface area contributed by atoms with Crippen LogP contribution in [0.4, 0.5) is 4.39 Å². The molecule has 0 saturated carbocycles. The van der Waals surface area contributed by atoms with Crippen LogP contribution < -0.4 is 5.32 Å². The fourth-order valence-electron chi connectivity index (χ4n) is 3.09.